The SMILES string of the molecule is CCC(C)(C)Cc1cnc(Cc2ccc(Cl)cc2Cl)[nH]1. The van der Waals surface area contributed by atoms with E-state index in [1.165, 1.54) is 5.69 Å². The van der Waals surface area contributed by atoms with Crippen molar-refractivity contribution in [3.63, 3.8) is 0 Å². The molecule has 1 aromatic heterocycles. The van der Waals surface area contributed by atoms with Crippen molar-refractivity contribution in [3.05, 3.63) is 51.5 Å². The topological polar surface area (TPSA) is 28.7 Å². The van der Waals surface area contributed by atoms with Crippen LogP contribution in [-0.4, -0.2) is 9.97 Å². The van der Waals surface area contributed by atoms with Crippen LogP contribution >= 0.6 is 23.2 Å². The van der Waals surface area contributed by atoms with Gasteiger partial charge in [0.15, 0.2) is 0 Å². The molecule has 0 radical (unpaired) electrons. The first-order valence-corrected chi connectivity index (χ1v) is 7.62. The molecule has 1 aromatic carbocycles. The summed E-state index contributed by atoms with van der Waals surface area (Å²) in [6, 6.07) is 5.57. The normalized spacial score (nSPS) is 11.8. The minimum atomic E-state index is 0.293. The number of nitrogens with zero attached hydrogens (tertiary/aromatic N) is 1. The minimum Gasteiger partial charge on any atom is -0.346 e. The fourth-order valence-electron chi connectivity index (χ4n) is 2.07. The molecule has 0 saturated carbocycles. The van der Waals surface area contributed by atoms with Crippen LogP contribution in [0, 0.1) is 5.41 Å². The molecule has 20 heavy (non-hydrogen) atoms. The Bertz CT molecular complexity index is 588. The molecule has 2 aromatic rings. The van der Waals surface area contributed by atoms with E-state index in [4.69, 9.17) is 23.2 Å². The molecular formula is C16H20Cl2N2. The van der Waals surface area contributed by atoms with Gasteiger partial charge in [0, 0.05) is 28.4 Å². The highest BCUT2D eigenvalue weighted by Gasteiger charge is 2.17. The highest BCUT2D eigenvalue weighted by atomic mass is 35.5. The Morgan fingerprint density at radius 1 is 1.25 bits per heavy atom. The number of aromatic nitrogens is 2. The van der Waals surface area contributed by atoms with Crippen molar-refractivity contribution in [2.75, 3.05) is 0 Å². The first-order valence-electron chi connectivity index (χ1n) is 6.86. The average molecular weight is 311 g/mol. The Morgan fingerprint density at radius 3 is 2.65 bits per heavy atom. The van der Waals surface area contributed by atoms with Gasteiger partial charge in [0.25, 0.3) is 0 Å². The largest absolute Gasteiger partial charge is 0.346 e. The van der Waals surface area contributed by atoms with Gasteiger partial charge in [-0.2, -0.15) is 0 Å². The number of hydrogen-bond donors (Lipinski definition) is 1. The van der Waals surface area contributed by atoms with Gasteiger partial charge in [-0.15, -0.1) is 0 Å². The summed E-state index contributed by atoms with van der Waals surface area (Å²) in [6.07, 6.45) is 4.77. The predicted molar refractivity (Wildman–Crippen MR) is 85.6 cm³/mol. The summed E-state index contributed by atoms with van der Waals surface area (Å²) >= 11 is 12.1. The van der Waals surface area contributed by atoms with E-state index in [2.05, 4.69) is 30.7 Å². The molecule has 4 heteroatoms. The molecule has 0 aliphatic carbocycles. The Hall–Kier alpha value is -0.990. The second kappa shape index (κ2) is 6.19. The van der Waals surface area contributed by atoms with Crippen LogP contribution in [-0.2, 0) is 12.8 Å². The minimum absolute atomic E-state index is 0.293. The Balaban J connectivity index is 2.10. The maximum absolute atomic E-state index is 6.19. The zero-order valence-electron chi connectivity index (χ0n) is 12.1. The van der Waals surface area contributed by atoms with E-state index in [0.717, 1.165) is 24.2 Å². The second-order valence-electron chi connectivity index (χ2n) is 5.96. The van der Waals surface area contributed by atoms with E-state index in [1.807, 2.05) is 18.3 Å². The molecule has 0 spiro atoms. The standard InChI is InChI=1S/C16H20Cl2N2/c1-4-16(2,3)9-13-10-19-15(20-13)7-11-5-6-12(17)8-14(11)18/h5-6,8,10H,4,7,9H2,1-3H3,(H,19,20). The smallest absolute Gasteiger partial charge is 0.110 e. The van der Waals surface area contributed by atoms with Crippen LogP contribution < -0.4 is 0 Å². The summed E-state index contributed by atoms with van der Waals surface area (Å²) in [7, 11) is 0. The van der Waals surface area contributed by atoms with E-state index in [0.29, 0.717) is 21.9 Å². The van der Waals surface area contributed by atoms with Crippen molar-refractivity contribution < 1.29 is 0 Å². The van der Waals surface area contributed by atoms with Crippen molar-refractivity contribution in [2.24, 2.45) is 5.41 Å². The number of imidazole rings is 1. The summed E-state index contributed by atoms with van der Waals surface area (Å²) < 4.78 is 0. The molecule has 0 atom stereocenters. The third kappa shape index (κ3) is 4.00. The summed E-state index contributed by atoms with van der Waals surface area (Å²) in [6.45, 7) is 6.75. The predicted octanol–water partition coefficient (Wildman–Crippen LogP) is 5.29. The van der Waals surface area contributed by atoms with Crippen LogP contribution in [0.3, 0.4) is 0 Å². The summed E-state index contributed by atoms with van der Waals surface area (Å²) in [5, 5.41) is 1.34. The van der Waals surface area contributed by atoms with E-state index < -0.39 is 0 Å². The van der Waals surface area contributed by atoms with Gasteiger partial charge in [0.2, 0.25) is 0 Å². The lowest BCUT2D eigenvalue weighted by Crippen LogP contribution is -2.13. The monoisotopic (exact) mass is 310 g/mol. The highest BCUT2D eigenvalue weighted by Crippen LogP contribution is 2.26. The van der Waals surface area contributed by atoms with Gasteiger partial charge in [-0.3, -0.25) is 0 Å². The lowest BCUT2D eigenvalue weighted by atomic mass is 9.85. The molecule has 0 amide bonds. The Labute approximate surface area is 130 Å². The van der Waals surface area contributed by atoms with Crippen LogP contribution in [0.1, 0.15) is 44.3 Å². The van der Waals surface area contributed by atoms with Crippen molar-refractivity contribution >= 4 is 23.2 Å². The van der Waals surface area contributed by atoms with Crippen molar-refractivity contribution in [1.29, 1.82) is 0 Å². The van der Waals surface area contributed by atoms with E-state index in [9.17, 15) is 0 Å². The molecular weight excluding hydrogens is 291 g/mol. The number of aromatic amines is 1. The van der Waals surface area contributed by atoms with Gasteiger partial charge in [0.1, 0.15) is 5.82 Å². The van der Waals surface area contributed by atoms with E-state index in [1.54, 1.807) is 6.07 Å². The number of hydrogen-bond acceptors (Lipinski definition) is 1. The molecule has 0 aliphatic rings. The second-order valence-corrected chi connectivity index (χ2v) is 6.81. The third-order valence-electron chi connectivity index (χ3n) is 3.68. The van der Waals surface area contributed by atoms with Gasteiger partial charge in [0.05, 0.1) is 0 Å². The molecule has 2 nitrogen and oxygen atoms in total. The Kier molecular flexibility index (Phi) is 4.77. The molecule has 108 valence electrons. The Morgan fingerprint density at radius 2 is 2.00 bits per heavy atom. The van der Waals surface area contributed by atoms with Crippen molar-refractivity contribution in [2.45, 2.75) is 40.0 Å². The number of benzene rings is 1. The zero-order chi connectivity index (χ0) is 14.8. The molecule has 0 bridgehead atoms. The molecule has 0 fully saturated rings. The van der Waals surface area contributed by atoms with Crippen LogP contribution in [0.25, 0.3) is 0 Å². The van der Waals surface area contributed by atoms with Gasteiger partial charge < -0.3 is 4.98 Å². The van der Waals surface area contributed by atoms with Gasteiger partial charge in [-0.05, 0) is 29.5 Å². The van der Waals surface area contributed by atoms with Gasteiger partial charge >= 0.3 is 0 Å². The summed E-state index contributed by atoms with van der Waals surface area (Å²) in [5.74, 6) is 0.941. The fraction of sp³-hybridized carbons (Fsp3) is 0.438. The molecule has 0 aliphatic heterocycles. The molecule has 0 unspecified atom stereocenters. The molecule has 1 N–H and O–H groups in total. The van der Waals surface area contributed by atoms with Crippen LogP contribution in [0.5, 0.6) is 0 Å². The third-order valence-corrected chi connectivity index (χ3v) is 4.27. The summed E-state index contributed by atoms with van der Waals surface area (Å²) in [5.41, 5.74) is 2.51. The first-order chi connectivity index (χ1) is 9.39. The quantitative estimate of drug-likeness (QED) is 0.799. The number of H-pyrrole nitrogens is 1. The van der Waals surface area contributed by atoms with Gasteiger partial charge in [-0.25, -0.2) is 4.98 Å². The number of nitrogens with one attached hydrogen (secondary N) is 1. The van der Waals surface area contributed by atoms with Crippen molar-refractivity contribution in [3.8, 4) is 0 Å². The average Bonchev–Trinajstić information content (AvgIpc) is 2.79. The highest BCUT2D eigenvalue weighted by molar-refractivity contribution is 6.35. The van der Waals surface area contributed by atoms with Crippen molar-refractivity contribution in [1.82, 2.24) is 9.97 Å². The van der Waals surface area contributed by atoms with Crippen LogP contribution in [0.15, 0.2) is 24.4 Å². The zero-order valence-corrected chi connectivity index (χ0v) is 13.6. The lowest BCUT2D eigenvalue weighted by Gasteiger charge is -2.21. The molecule has 1 heterocycles. The number of halogens is 2. The maximum Gasteiger partial charge on any atom is 0.110 e. The maximum atomic E-state index is 6.19. The van der Waals surface area contributed by atoms with E-state index in [-0.39, 0.29) is 0 Å². The molecule has 0 saturated heterocycles. The fourth-order valence-corrected chi connectivity index (χ4v) is 2.55. The van der Waals surface area contributed by atoms with Gasteiger partial charge in [-0.1, -0.05) is 56.5 Å². The number of rotatable bonds is 5. The molecule has 2 rings (SSSR count). The lowest BCUT2D eigenvalue weighted by molar-refractivity contribution is 0.346. The summed E-state index contributed by atoms with van der Waals surface area (Å²) in [4.78, 5) is 7.84. The van der Waals surface area contributed by atoms with Crippen LogP contribution in [0.2, 0.25) is 10.0 Å². The van der Waals surface area contributed by atoms with Crippen LogP contribution in [0.4, 0.5) is 0 Å². The van der Waals surface area contributed by atoms with E-state index >= 15 is 0 Å². The first kappa shape index (κ1) is 15.4.